The number of nitrogens with one attached hydrogen (secondary N) is 1. The number of aliphatic carboxylic acids is 1. The average molecular weight is 541 g/mol. The maximum atomic E-state index is 11.8. The van der Waals surface area contributed by atoms with Gasteiger partial charge in [-0.05, 0) is 41.1 Å². The maximum Gasteiger partial charge on any atom is 0.305 e. The van der Waals surface area contributed by atoms with Crippen molar-refractivity contribution >= 4 is 62.6 Å². The van der Waals surface area contributed by atoms with Crippen molar-refractivity contribution in [1.29, 1.82) is 0 Å². The number of nitrogens with zero attached hydrogens (tertiary/aromatic N) is 2. The van der Waals surface area contributed by atoms with E-state index in [0.29, 0.717) is 33.2 Å². The molecule has 0 radical (unpaired) electrons. The van der Waals surface area contributed by atoms with Crippen LogP contribution in [0, 0.1) is 0 Å². The molecule has 8 nitrogen and oxygen atoms in total. The Kier molecular flexibility index (Phi) is 8.54. The minimum Gasteiger partial charge on any atom is -0.490 e. The summed E-state index contributed by atoms with van der Waals surface area (Å²) in [6.07, 6.45) is 1.22. The predicted molar refractivity (Wildman–Crippen MR) is 128 cm³/mol. The number of amidine groups is 1. The van der Waals surface area contributed by atoms with Crippen LogP contribution < -0.4 is 14.8 Å². The number of halogens is 2. The first-order chi connectivity index (χ1) is 15.4. The molecule has 1 amide bonds. The van der Waals surface area contributed by atoms with Gasteiger partial charge in [0.05, 0.1) is 19.2 Å². The van der Waals surface area contributed by atoms with Crippen molar-refractivity contribution in [3.8, 4) is 11.5 Å². The van der Waals surface area contributed by atoms with Gasteiger partial charge in [-0.2, -0.15) is 5.10 Å². The van der Waals surface area contributed by atoms with Crippen molar-refractivity contribution in [1.82, 2.24) is 5.32 Å². The van der Waals surface area contributed by atoms with Crippen LogP contribution >= 0.6 is 39.3 Å². The second-order valence-electron chi connectivity index (χ2n) is 6.48. The molecule has 0 bridgehead atoms. The van der Waals surface area contributed by atoms with Gasteiger partial charge in [-0.25, -0.2) is 0 Å². The van der Waals surface area contributed by atoms with Gasteiger partial charge in [-0.1, -0.05) is 41.6 Å². The fraction of sp³-hybridized carbons (Fsp3) is 0.238. The van der Waals surface area contributed by atoms with Crippen LogP contribution in [0.5, 0.6) is 11.5 Å². The van der Waals surface area contributed by atoms with Crippen LogP contribution in [0.3, 0.4) is 0 Å². The SMILES string of the molecule is CCOc1cc(C=NN=C2NC(=O)C(CC(=O)O)S2)c(Br)cc1OCc1ccccc1Cl. The number of carboxylic acid groups (broad SMARTS) is 1. The zero-order valence-corrected chi connectivity index (χ0v) is 20.0. The van der Waals surface area contributed by atoms with Crippen LogP contribution in [0.15, 0.2) is 51.1 Å². The van der Waals surface area contributed by atoms with Gasteiger partial charge < -0.3 is 19.9 Å². The highest BCUT2D eigenvalue weighted by atomic mass is 79.9. The number of ether oxygens (including phenoxy) is 2. The van der Waals surface area contributed by atoms with Gasteiger partial charge in [-0.15, -0.1) is 5.10 Å². The Bertz CT molecular complexity index is 1080. The molecule has 1 unspecified atom stereocenters. The molecule has 32 heavy (non-hydrogen) atoms. The van der Waals surface area contributed by atoms with Crippen LogP contribution in [-0.4, -0.2) is 40.2 Å². The fourth-order valence-corrected chi connectivity index (χ4v) is 4.22. The zero-order chi connectivity index (χ0) is 23.1. The molecular formula is C21H19BrClN3O5S. The maximum absolute atomic E-state index is 11.8. The molecule has 0 spiro atoms. The highest BCUT2D eigenvalue weighted by molar-refractivity contribution is 9.10. The smallest absolute Gasteiger partial charge is 0.305 e. The third-order valence-electron chi connectivity index (χ3n) is 4.19. The number of thioether (sulfide) groups is 1. The molecular weight excluding hydrogens is 522 g/mol. The Labute approximate surface area is 202 Å². The number of amides is 1. The van der Waals surface area contributed by atoms with Crippen LogP contribution in [0.1, 0.15) is 24.5 Å². The number of hydrogen-bond acceptors (Lipinski definition) is 7. The monoisotopic (exact) mass is 539 g/mol. The molecule has 3 rings (SSSR count). The Morgan fingerprint density at radius 1 is 1.31 bits per heavy atom. The van der Waals surface area contributed by atoms with Gasteiger partial charge in [0.15, 0.2) is 16.7 Å². The fourth-order valence-electron chi connectivity index (χ4n) is 2.69. The Morgan fingerprint density at radius 3 is 2.78 bits per heavy atom. The van der Waals surface area contributed by atoms with E-state index in [9.17, 15) is 9.59 Å². The summed E-state index contributed by atoms with van der Waals surface area (Å²) in [6, 6.07) is 11.0. The number of hydrogen-bond donors (Lipinski definition) is 2. The molecule has 2 aromatic rings. The first-order valence-electron chi connectivity index (χ1n) is 9.50. The van der Waals surface area contributed by atoms with Gasteiger partial charge in [0.25, 0.3) is 0 Å². The van der Waals surface area contributed by atoms with E-state index in [0.717, 1.165) is 17.3 Å². The summed E-state index contributed by atoms with van der Waals surface area (Å²) >= 11 is 10.7. The third kappa shape index (κ3) is 6.47. The van der Waals surface area contributed by atoms with Crippen molar-refractivity contribution < 1.29 is 24.2 Å². The zero-order valence-electron chi connectivity index (χ0n) is 16.9. The summed E-state index contributed by atoms with van der Waals surface area (Å²) in [7, 11) is 0. The van der Waals surface area contributed by atoms with Gasteiger partial charge in [0, 0.05) is 20.6 Å². The molecule has 0 saturated carbocycles. The minimum absolute atomic E-state index is 0.248. The molecule has 2 N–H and O–H groups in total. The lowest BCUT2D eigenvalue weighted by molar-refractivity contribution is -0.138. The van der Waals surface area contributed by atoms with Crippen molar-refractivity contribution in [3.63, 3.8) is 0 Å². The van der Waals surface area contributed by atoms with E-state index in [2.05, 4.69) is 31.4 Å². The molecule has 1 atom stereocenters. The van der Waals surface area contributed by atoms with E-state index in [-0.39, 0.29) is 18.2 Å². The second kappa shape index (κ2) is 11.3. The van der Waals surface area contributed by atoms with Crippen LogP contribution in [0.25, 0.3) is 0 Å². The Morgan fingerprint density at radius 2 is 2.06 bits per heavy atom. The quantitative estimate of drug-likeness (QED) is 0.359. The standard InChI is InChI=1S/C21H19BrClN3O5S/c1-2-30-16-7-13(10-24-26-21-25-20(29)18(32-21)9-19(27)28)14(22)8-17(16)31-11-12-5-3-4-6-15(12)23/h3-8,10,18H,2,9,11H2,1H3,(H,27,28)(H,25,26,29). The topological polar surface area (TPSA) is 110 Å². The van der Waals surface area contributed by atoms with E-state index in [1.165, 1.54) is 6.21 Å². The van der Waals surface area contributed by atoms with Gasteiger partial charge in [0.2, 0.25) is 5.91 Å². The molecule has 0 aromatic heterocycles. The number of carboxylic acids is 1. The summed E-state index contributed by atoms with van der Waals surface area (Å²) in [5.41, 5.74) is 1.53. The highest BCUT2D eigenvalue weighted by Crippen LogP contribution is 2.34. The number of rotatable bonds is 9. The normalized spacial score (nSPS) is 17.0. The van der Waals surface area contributed by atoms with Crippen molar-refractivity contribution in [2.45, 2.75) is 25.2 Å². The molecule has 2 aromatic carbocycles. The average Bonchev–Trinajstić information content (AvgIpc) is 3.08. The van der Waals surface area contributed by atoms with Crippen molar-refractivity contribution in [2.75, 3.05) is 6.61 Å². The van der Waals surface area contributed by atoms with E-state index < -0.39 is 17.1 Å². The van der Waals surface area contributed by atoms with E-state index in [1.807, 2.05) is 25.1 Å². The van der Waals surface area contributed by atoms with E-state index >= 15 is 0 Å². The molecule has 11 heteroatoms. The van der Waals surface area contributed by atoms with Gasteiger partial charge >= 0.3 is 5.97 Å². The van der Waals surface area contributed by atoms with E-state index in [1.54, 1.807) is 18.2 Å². The number of carbonyl (C=O) groups is 2. The van der Waals surface area contributed by atoms with Crippen LogP contribution in [0.2, 0.25) is 5.02 Å². The molecule has 1 aliphatic heterocycles. The summed E-state index contributed by atoms with van der Waals surface area (Å²) < 4.78 is 12.3. The predicted octanol–water partition coefficient (Wildman–Crippen LogP) is 4.48. The van der Waals surface area contributed by atoms with Crippen LogP contribution in [-0.2, 0) is 16.2 Å². The highest BCUT2D eigenvalue weighted by Gasteiger charge is 2.32. The Balaban J connectivity index is 1.73. The molecule has 0 aliphatic carbocycles. The minimum atomic E-state index is -1.05. The Hall–Kier alpha value is -2.56. The van der Waals surface area contributed by atoms with Crippen molar-refractivity contribution in [2.24, 2.45) is 10.2 Å². The largest absolute Gasteiger partial charge is 0.490 e. The van der Waals surface area contributed by atoms with Gasteiger partial charge in [-0.3, -0.25) is 9.59 Å². The van der Waals surface area contributed by atoms with E-state index in [4.69, 9.17) is 26.2 Å². The first-order valence-corrected chi connectivity index (χ1v) is 11.5. The van der Waals surface area contributed by atoms with Crippen LogP contribution in [0.4, 0.5) is 0 Å². The summed E-state index contributed by atoms with van der Waals surface area (Å²) in [5.74, 6) is -0.378. The van der Waals surface area contributed by atoms with Crippen molar-refractivity contribution in [3.05, 3.63) is 57.0 Å². The van der Waals surface area contributed by atoms with Gasteiger partial charge in [0.1, 0.15) is 11.9 Å². The molecule has 1 saturated heterocycles. The molecule has 1 aliphatic rings. The summed E-state index contributed by atoms with van der Waals surface area (Å²) in [4.78, 5) is 22.6. The number of carbonyl (C=O) groups excluding carboxylic acids is 1. The lowest BCUT2D eigenvalue weighted by Crippen LogP contribution is -2.26. The summed E-state index contributed by atoms with van der Waals surface area (Å²) in [5, 5.41) is 19.5. The molecule has 1 fully saturated rings. The lowest BCUT2D eigenvalue weighted by Gasteiger charge is -2.14. The second-order valence-corrected chi connectivity index (χ2v) is 8.93. The molecule has 168 valence electrons. The number of benzene rings is 2. The first kappa shape index (κ1) is 24.1. The molecule has 1 heterocycles. The third-order valence-corrected chi connectivity index (χ3v) is 6.31. The summed E-state index contributed by atoms with van der Waals surface area (Å²) in [6.45, 7) is 2.59. The lowest BCUT2D eigenvalue weighted by atomic mass is 10.2.